The van der Waals surface area contributed by atoms with Crippen LogP contribution in [0, 0.1) is 11.3 Å². The van der Waals surface area contributed by atoms with Crippen LogP contribution in [-0.2, 0) is 0 Å². The maximum absolute atomic E-state index is 9.45. The molecule has 0 unspecified atom stereocenters. The average Bonchev–Trinajstić information content (AvgIpc) is 3.54. The summed E-state index contributed by atoms with van der Waals surface area (Å²) in [4.78, 5) is 2.29. The molecule has 42 heavy (non-hydrogen) atoms. The van der Waals surface area contributed by atoms with Gasteiger partial charge in [0, 0.05) is 38.6 Å². The van der Waals surface area contributed by atoms with E-state index in [9.17, 15) is 5.26 Å². The first-order chi connectivity index (χ1) is 20.8. The highest BCUT2D eigenvalue weighted by atomic mass is 15.1. The van der Waals surface area contributed by atoms with E-state index in [4.69, 9.17) is 0 Å². The van der Waals surface area contributed by atoms with E-state index in [1.807, 2.05) is 30.3 Å². The largest absolute Gasteiger partial charge is 0.310 e. The van der Waals surface area contributed by atoms with Crippen molar-refractivity contribution >= 4 is 76.7 Å². The van der Waals surface area contributed by atoms with Crippen LogP contribution in [0.15, 0.2) is 140 Å². The molecule has 3 heteroatoms. The molecule has 0 amide bonds. The Bertz CT molecular complexity index is 2390. The Labute approximate surface area is 242 Å². The topological polar surface area (TPSA) is 31.4 Å². The molecule has 0 spiro atoms. The third-order valence-electron chi connectivity index (χ3n) is 8.64. The highest BCUT2D eigenvalue weighted by Crippen LogP contribution is 2.45. The summed E-state index contributed by atoms with van der Waals surface area (Å²) in [6, 6.07) is 51.9. The predicted octanol–water partition coefficient (Wildman–Crippen LogP) is 10.5. The van der Waals surface area contributed by atoms with Crippen LogP contribution in [0.1, 0.15) is 5.56 Å². The number of rotatable bonds is 3. The van der Waals surface area contributed by atoms with Crippen LogP contribution in [0.25, 0.3) is 59.6 Å². The van der Waals surface area contributed by atoms with E-state index < -0.39 is 0 Å². The van der Waals surface area contributed by atoms with Crippen molar-refractivity contribution < 1.29 is 0 Å². The lowest BCUT2D eigenvalue weighted by atomic mass is 10.0. The molecule has 0 aliphatic rings. The summed E-state index contributed by atoms with van der Waals surface area (Å²) in [5.74, 6) is 0. The normalized spacial score (nSPS) is 11.8. The molecule has 0 bridgehead atoms. The minimum Gasteiger partial charge on any atom is -0.310 e. The first-order valence-corrected chi connectivity index (χ1v) is 14.2. The van der Waals surface area contributed by atoms with E-state index in [0.717, 1.165) is 17.1 Å². The van der Waals surface area contributed by atoms with Crippen LogP contribution in [0.4, 0.5) is 17.1 Å². The molecule has 2 aromatic heterocycles. The number of hydrogen-bond acceptors (Lipinski definition) is 2. The molecule has 0 aliphatic carbocycles. The van der Waals surface area contributed by atoms with Crippen molar-refractivity contribution in [2.45, 2.75) is 0 Å². The Morgan fingerprint density at radius 3 is 1.45 bits per heavy atom. The van der Waals surface area contributed by atoms with Crippen molar-refractivity contribution in [1.82, 2.24) is 4.40 Å². The summed E-state index contributed by atoms with van der Waals surface area (Å²) in [5.41, 5.74) is 7.51. The molecule has 0 atom stereocenters. The molecule has 0 aliphatic heterocycles. The molecule has 0 N–H and O–H groups in total. The smallest absolute Gasteiger partial charge is 0.0991 e. The summed E-state index contributed by atoms with van der Waals surface area (Å²) in [6.07, 6.45) is 0. The van der Waals surface area contributed by atoms with Crippen molar-refractivity contribution in [3.8, 4) is 6.07 Å². The fourth-order valence-electron chi connectivity index (χ4n) is 6.74. The summed E-state index contributed by atoms with van der Waals surface area (Å²) < 4.78 is 2.46. The van der Waals surface area contributed by atoms with Gasteiger partial charge in [0.05, 0.1) is 28.2 Å². The highest BCUT2D eigenvalue weighted by Gasteiger charge is 2.22. The average molecular weight is 534 g/mol. The first kappa shape index (κ1) is 22.9. The Kier molecular flexibility index (Phi) is 4.68. The first-order valence-electron chi connectivity index (χ1n) is 14.2. The molecule has 3 nitrogen and oxygen atoms in total. The summed E-state index contributed by atoms with van der Waals surface area (Å²) >= 11 is 0. The minimum absolute atomic E-state index is 0.650. The number of hydrogen-bond donors (Lipinski definition) is 0. The number of aromatic nitrogens is 1. The van der Waals surface area contributed by atoms with Gasteiger partial charge in [0.15, 0.2) is 0 Å². The van der Waals surface area contributed by atoms with Crippen molar-refractivity contribution in [1.29, 1.82) is 5.26 Å². The van der Waals surface area contributed by atoms with Crippen LogP contribution in [0.5, 0.6) is 0 Å². The zero-order chi connectivity index (χ0) is 27.8. The second-order valence-electron chi connectivity index (χ2n) is 11.0. The van der Waals surface area contributed by atoms with Gasteiger partial charge in [0.2, 0.25) is 0 Å². The predicted molar refractivity (Wildman–Crippen MR) is 176 cm³/mol. The molecule has 7 aromatic carbocycles. The number of benzene rings is 7. The third-order valence-corrected chi connectivity index (χ3v) is 8.64. The number of anilines is 3. The van der Waals surface area contributed by atoms with Gasteiger partial charge in [0.1, 0.15) is 0 Å². The molecular weight excluding hydrogens is 510 g/mol. The van der Waals surface area contributed by atoms with Crippen LogP contribution < -0.4 is 4.90 Å². The Hall–Kier alpha value is -5.85. The minimum atomic E-state index is 0.650. The van der Waals surface area contributed by atoms with Gasteiger partial charge >= 0.3 is 0 Å². The third kappa shape index (κ3) is 3.21. The van der Waals surface area contributed by atoms with Crippen LogP contribution in [0.2, 0.25) is 0 Å². The highest BCUT2D eigenvalue weighted by molar-refractivity contribution is 6.27. The van der Waals surface area contributed by atoms with Gasteiger partial charge in [-0.1, -0.05) is 66.7 Å². The van der Waals surface area contributed by atoms with E-state index in [1.54, 1.807) is 0 Å². The molecule has 9 aromatic rings. The number of fused-ring (bicyclic) bond motifs is 8. The van der Waals surface area contributed by atoms with Gasteiger partial charge in [-0.05, 0) is 94.3 Å². The van der Waals surface area contributed by atoms with E-state index in [2.05, 4.69) is 125 Å². The Balaban J connectivity index is 1.45. The SMILES string of the molecule is N#Cc1ccc(N(c2ccccc2)c2cc3c4cc5ccccc5cc4n4c5cc6ccccc6cc5c(c2)c34)cc1. The fourth-order valence-corrected chi connectivity index (χ4v) is 6.74. The van der Waals surface area contributed by atoms with E-state index >= 15 is 0 Å². The molecule has 0 saturated carbocycles. The standard InChI is InChI=1S/C39H23N3/c40-24-25-14-16-31(17-15-25)41(30-12-2-1-3-13-30)32-22-35-33-18-26-8-4-6-10-28(26)20-37(33)42-38-21-29-11-7-5-9-27(29)19-34(38)36(23-32)39(35)42/h1-23H. The van der Waals surface area contributed by atoms with Crippen LogP contribution in [0.3, 0.4) is 0 Å². The van der Waals surface area contributed by atoms with Crippen molar-refractivity contribution in [3.05, 3.63) is 145 Å². The monoisotopic (exact) mass is 533 g/mol. The lowest BCUT2D eigenvalue weighted by Gasteiger charge is -2.26. The second kappa shape index (κ2) is 8.57. The number of nitriles is 1. The lowest BCUT2D eigenvalue weighted by Crippen LogP contribution is -2.09. The van der Waals surface area contributed by atoms with E-state index in [1.165, 1.54) is 59.6 Å². The number of para-hydroxylation sites is 1. The second-order valence-corrected chi connectivity index (χ2v) is 11.0. The molecule has 0 radical (unpaired) electrons. The molecule has 0 fully saturated rings. The van der Waals surface area contributed by atoms with E-state index in [-0.39, 0.29) is 0 Å². The zero-order valence-corrected chi connectivity index (χ0v) is 22.6. The fraction of sp³-hybridized carbons (Fsp3) is 0. The molecule has 2 heterocycles. The van der Waals surface area contributed by atoms with E-state index in [0.29, 0.717) is 5.56 Å². The van der Waals surface area contributed by atoms with Crippen LogP contribution in [-0.4, -0.2) is 4.40 Å². The van der Waals surface area contributed by atoms with Gasteiger partial charge in [-0.2, -0.15) is 5.26 Å². The van der Waals surface area contributed by atoms with Crippen molar-refractivity contribution in [2.24, 2.45) is 0 Å². The van der Waals surface area contributed by atoms with Crippen molar-refractivity contribution in [2.75, 3.05) is 4.90 Å². The molecule has 0 saturated heterocycles. The molecular formula is C39H23N3. The van der Waals surface area contributed by atoms with Gasteiger partial charge in [-0.25, -0.2) is 0 Å². The van der Waals surface area contributed by atoms with Gasteiger partial charge in [-0.15, -0.1) is 0 Å². The van der Waals surface area contributed by atoms with Crippen molar-refractivity contribution in [3.63, 3.8) is 0 Å². The van der Waals surface area contributed by atoms with Crippen LogP contribution >= 0.6 is 0 Å². The Morgan fingerprint density at radius 2 is 0.929 bits per heavy atom. The quantitative estimate of drug-likeness (QED) is 0.226. The summed E-state index contributed by atoms with van der Waals surface area (Å²) in [5, 5.41) is 19.4. The van der Waals surface area contributed by atoms with Gasteiger partial charge in [-0.3, -0.25) is 0 Å². The summed E-state index contributed by atoms with van der Waals surface area (Å²) in [7, 11) is 0. The van der Waals surface area contributed by atoms with Gasteiger partial charge in [0.25, 0.3) is 0 Å². The zero-order valence-electron chi connectivity index (χ0n) is 22.6. The lowest BCUT2D eigenvalue weighted by molar-refractivity contribution is 1.29. The maximum atomic E-state index is 9.45. The summed E-state index contributed by atoms with van der Waals surface area (Å²) in [6.45, 7) is 0. The Morgan fingerprint density at radius 1 is 0.452 bits per heavy atom. The van der Waals surface area contributed by atoms with Gasteiger partial charge < -0.3 is 9.30 Å². The molecule has 194 valence electrons. The number of nitrogens with zero attached hydrogens (tertiary/aromatic N) is 3. The molecule has 9 rings (SSSR count). The maximum Gasteiger partial charge on any atom is 0.0991 e.